The molecule has 0 saturated heterocycles. The highest BCUT2D eigenvalue weighted by atomic mass is 16.1. The molecule has 4 nitrogen and oxygen atoms in total. The van der Waals surface area contributed by atoms with Crippen LogP contribution < -0.4 is 15.2 Å². The average Bonchev–Trinajstić information content (AvgIpc) is 2.56. The maximum atomic E-state index is 13.0. The largest absolute Gasteiger partial charge is 0.372 e. The van der Waals surface area contributed by atoms with E-state index >= 15 is 0 Å². The van der Waals surface area contributed by atoms with E-state index in [1.807, 2.05) is 19.1 Å². The fourth-order valence-corrected chi connectivity index (χ4v) is 3.19. The minimum Gasteiger partial charge on any atom is -0.372 e. The summed E-state index contributed by atoms with van der Waals surface area (Å²) in [6.07, 6.45) is 0. The lowest BCUT2D eigenvalue weighted by molar-refractivity contribution is -0.910. The van der Waals surface area contributed by atoms with Gasteiger partial charge in [0.2, 0.25) is 0 Å². The standard InChI is InChI=1S/C19H29N3O/c1-6-21(7-2)13-17-14(5)20-18-11-10-15(22(8-3)9-4)12-16(18)19(17)23/h10-12H,6-9,13H2,1-5H3,(H,20,23)/p+1. The van der Waals surface area contributed by atoms with Crippen LogP contribution in [0.4, 0.5) is 5.69 Å². The molecular formula is C19H30N3O+. The highest BCUT2D eigenvalue weighted by molar-refractivity contribution is 5.83. The van der Waals surface area contributed by atoms with Crippen molar-refractivity contribution in [3.8, 4) is 0 Å². The van der Waals surface area contributed by atoms with E-state index in [1.54, 1.807) is 0 Å². The smallest absolute Gasteiger partial charge is 0.198 e. The zero-order chi connectivity index (χ0) is 17.0. The van der Waals surface area contributed by atoms with Crippen molar-refractivity contribution in [3.63, 3.8) is 0 Å². The van der Waals surface area contributed by atoms with E-state index in [4.69, 9.17) is 0 Å². The molecule has 23 heavy (non-hydrogen) atoms. The first-order valence-electron chi connectivity index (χ1n) is 8.79. The van der Waals surface area contributed by atoms with Crippen LogP contribution in [0.1, 0.15) is 39.0 Å². The molecule has 0 atom stereocenters. The summed E-state index contributed by atoms with van der Waals surface area (Å²) >= 11 is 0. The number of hydrogen-bond donors (Lipinski definition) is 2. The summed E-state index contributed by atoms with van der Waals surface area (Å²) in [5, 5.41) is 0.807. The molecule has 0 aliphatic rings. The van der Waals surface area contributed by atoms with E-state index in [-0.39, 0.29) is 5.43 Å². The molecule has 0 spiro atoms. The number of nitrogens with one attached hydrogen (secondary N) is 2. The number of aromatic nitrogens is 1. The Morgan fingerprint density at radius 2 is 1.74 bits per heavy atom. The molecule has 2 rings (SSSR count). The predicted molar refractivity (Wildman–Crippen MR) is 98.6 cm³/mol. The quantitative estimate of drug-likeness (QED) is 0.821. The monoisotopic (exact) mass is 316 g/mol. The average molecular weight is 316 g/mol. The Bertz CT molecular complexity index is 712. The number of benzene rings is 1. The van der Waals surface area contributed by atoms with Gasteiger partial charge < -0.3 is 14.8 Å². The van der Waals surface area contributed by atoms with Crippen LogP contribution in [0.25, 0.3) is 10.9 Å². The normalized spacial score (nSPS) is 11.4. The third-order valence-electron chi connectivity index (χ3n) is 4.85. The molecule has 0 amide bonds. The summed E-state index contributed by atoms with van der Waals surface area (Å²) < 4.78 is 0. The van der Waals surface area contributed by atoms with Gasteiger partial charge in [-0.05, 0) is 52.8 Å². The van der Waals surface area contributed by atoms with Gasteiger partial charge in [0, 0.05) is 35.4 Å². The van der Waals surface area contributed by atoms with Crippen LogP contribution >= 0.6 is 0 Å². The summed E-state index contributed by atoms with van der Waals surface area (Å²) in [7, 11) is 0. The molecule has 1 aromatic heterocycles. The fraction of sp³-hybridized carbons (Fsp3) is 0.526. The molecule has 4 heteroatoms. The van der Waals surface area contributed by atoms with E-state index in [9.17, 15) is 4.79 Å². The molecular weight excluding hydrogens is 286 g/mol. The number of fused-ring (bicyclic) bond motifs is 1. The molecule has 0 aliphatic carbocycles. The van der Waals surface area contributed by atoms with Crippen molar-refractivity contribution in [1.29, 1.82) is 0 Å². The van der Waals surface area contributed by atoms with Gasteiger partial charge in [-0.15, -0.1) is 0 Å². The molecule has 1 heterocycles. The Morgan fingerprint density at radius 1 is 1.09 bits per heavy atom. The molecule has 0 unspecified atom stereocenters. The molecule has 2 aromatic rings. The Labute approximate surface area is 139 Å². The number of quaternary nitrogens is 1. The van der Waals surface area contributed by atoms with Crippen molar-refractivity contribution in [2.24, 2.45) is 0 Å². The maximum absolute atomic E-state index is 13.0. The first-order chi connectivity index (χ1) is 11.0. The number of rotatable bonds is 7. The minimum absolute atomic E-state index is 0.185. The van der Waals surface area contributed by atoms with Gasteiger partial charge in [-0.1, -0.05) is 0 Å². The first kappa shape index (κ1) is 17.5. The molecule has 1 aromatic carbocycles. The highest BCUT2D eigenvalue weighted by Gasteiger charge is 2.15. The van der Waals surface area contributed by atoms with Crippen LogP contribution in [0.15, 0.2) is 23.0 Å². The fourth-order valence-electron chi connectivity index (χ4n) is 3.19. The van der Waals surface area contributed by atoms with Gasteiger partial charge in [0.05, 0.1) is 18.7 Å². The lowest BCUT2D eigenvalue weighted by Gasteiger charge is -2.21. The van der Waals surface area contributed by atoms with Gasteiger partial charge in [-0.2, -0.15) is 0 Å². The highest BCUT2D eigenvalue weighted by Crippen LogP contribution is 2.20. The van der Waals surface area contributed by atoms with Crippen molar-refractivity contribution in [2.45, 2.75) is 41.2 Å². The van der Waals surface area contributed by atoms with Crippen molar-refractivity contribution in [1.82, 2.24) is 4.98 Å². The van der Waals surface area contributed by atoms with Crippen molar-refractivity contribution in [2.75, 3.05) is 31.1 Å². The second-order valence-electron chi connectivity index (χ2n) is 6.09. The molecule has 126 valence electrons. The van der Waals surface area contributed by atoms with Gasteiger partial charge in [-0.3, -0.25) is 4.79 Å². The number of hydrogen-bond acceptors (Lipinski definition) is 2. The predicted octanol–water partition coefficient (Wildman–Crippen LogP) is 2.11. The summed E-state index contributed by atoms with van der Waals surface area (Å²) in [6, 6.07) is 6.17. The molecule has 0 saturated carbocycles. The van der Waals surface area contributed by atoms with Gasteiger partial charge in [0.25, 0.3) is 0 Å². The van der Waals surface area contributed by atoms with Crippen LogP contribution in [0.3, 0.4) is 0 Å². The van der Waals surface area contributed by atoms with Gasteiger partial charge in [-0.25, -0.2) is 0 Å². The van der Waals surface area contributed by atoms with Crippen molar-refractivity contribution < 1.29 is 4.90 Å². The van der Waals surface area contributed by atoms with E-state index in [0.717, 1.165) is 60.6 Å². The topological polar surface area (TPSA) is 40.5 Å². The second-order valence-corrected chi connectivity index (χ2v) is 6.09. The third-order valence-corrected chi connectivity index (χ3v) is 4.85. The second kappa shape index (κ2) is 7.64. The van der Waals surface area contributed by atoms with Crippen molar-refractivity contribution in [3.05, 3.63) is 39.7 Å². The van der Waals surface area contributed by atoms with Crippen LogP contribution in [-0.2, 0) is 6.54 Å². The van der Waals surface area contributed by atoms with Gasteiger partial charge in [0.15, 0.2) is 5.43 Å². The lowest BCUT2D eigenvalue weighted by atomic mass is 10.1. The van der Waals surface area contributed by atoms with E-state index in [1.165, 1.54) is 4.90 Å². The Balaban J connectivity index is 2.55. The number of nitrogens with zero attached hydrogens (tertiary/aromatic N) is 1. The molecule has 0 aliphatic heterocycles. The Kier molecular flexibility index (Phi) is 5.83. The van der Waals surface area contributed by atoms with Gasteiger partial charge in [0.1, 0.15) is 6.54 Å². The van der Waals surface area contributed by atoms with E-state index < -0.39 is 0 Å². The Hall–Kier alpha value is -1.81. The molecule has 0 fully saturated rings. The Morgan fingerprint density at radius 3 is 2.30 bits per heavy atom. The lowest BCUT2D eigenvalue weighted by Crippen LogP contribution is -3.10. The third kappa shape index (κ3) is 3.58. The summed E-state index contributed by atoms with van der Waals surface area (Å²) in [5.41, 5.74) is 4.16. The zero-order valence-electron chi connectivity index (χ0n) is 15.1. The number of aromatic amines is 1. The van der Waals surface area contributed by atoms with Crippen LogP contribution in [0.2, 0.25) is 0 Å². The van der Waals surface area contributed by atoms with E-state index in [2.05, 4.69) is 43.6 Å². The SMILES string of the molecule is CCN(CC)c1ccc2[nH]c(C)c(C[NH+](CC)CC)c(=O)c2c1. The zero-order valence-corrected chi connectivity index (χ0v) is 15.1. The van der Waals surface area contributed by atoms with E-state index in [0.29, 0.717) is 0 Å². The van der Waals surface area contributed by atoms with Crippen molar-refractivity contribution >= 4 is 16.6 Å². The minimum atomic E-state index is 0.185. The maximum Gasteiger partial charge on any atom is 0.198 e. The molecule has 2 N–H and O–H groups in total. The number of pyridine rings is 1. The van der Waals surface area contributed by atoms with Crippen LogP contribution in [-0.4, -0.2) is 31.2 Å². The van der Waals surface area contributed by atoms with Crippen LogP contribution in [0, 0.1) is 6.92 Å². The summed E-state index contributed by atoms with van der Waals surface area (Å²) in [6.45, 7) is 15.4. The number of aryl methyl sites for hydroxylation is 1. The van der Waals surface area contributed by atoms with Crippen LogP contribution in [0.5, 0.6) is 0 Å². The summed E-state index contributed by atoms with van der Waals surface area (Å²) in [5.74, 6) is 0. The molecule has 0 bridgehead atoms. The molecule has 0 radical (unpaired) electrons. The number of anilines is 1. The summed E-state index contributed by atoms with van der Waals surface area (Å²) in [4.78, 5) is 20.1. The number of H-pyrrole nitrogens is 1. The van der Waals surface area contributed by atoms with Gasteiger partial charge >= 0.3 is 0 Å². The first-order valence-corrected chi connectivity index (χ1v) is 8.79.